The van der Waals surface area contributed by atoms with Crippen LogP contribution in [0, 0.1) is 11.6 Å². The van der Waals surface area contributed by atoms with Gasteiger partial charge in [0.15, 0.2) is 11.6 Å². The van der Waals surface area contributed by atoms with Gasteiger partial charge in [-0.15, -0.1) is 0 Å². The molecule has 0 radical (unpaired) electrons. The fourth-order valence-electron chi connectivity index (χ4n) is 1.65. The number of aromatic hydroxyl groups is 1. The Morgan fingerprint density at radius 1 is 1.30 bits per heavy atom. The van der Waals surface area contributed by atoms with Crippen molar-refractivity contribution in [2.24, 2.45) is 0 Å². The molecule has 0 aliphatic carbocycles. The Bertz CT molecular complexity index is 686. The molecule has 2 N–H and O–H groups in total. The van der Waals surface area contributed by atoms with E-state index in [1.165, 1.54) is 6.07 Å². The van der Waals surface area contributed by atoms with Crippen molar-refractivity contribution in [2.45, 2.75) is 13.5 Å². The van der Waals surface area contributed by atoms with E-state index < -0.39 is 17.2 Å². The normalized spacial score (nSPS) is 10.8. The second-order valence-electron chi connectivity index (χ2n) is 4.11. The van der Waals surface area contributed by atoms with Crippen LogP contribution in [0.4, 0.5) is 8.78 Å². The third-order valence-electron chi connectivity index (χ3n) is 2.68. The van der Waals surface area contributed by atoms with Crippen molar-refractivity contribution in [3.05, 3.63) is 51.9 Å². The van der Waals surface area contributed by atoms with Crippen molar-refractivity contribution in [1.82, 2.24) is 15.1 Å². The maximum Gasteiger partial charge on any atom is 0.275 e. The molecule has 0 aliphatic heterocycles. The van der Waals surface area contributed by atoms with Crippen LogP contribution >= 0.6 is 0 Å². The van der Waals surface area contributed by atoms with Crippen molar-refractivity contribution in [1.29, 1.82) is 0 Å². The summed E-state index contributed by atoms with van der Waals surface area (Å²) in [5.74, 6) is -2.32. The molecule has 0 bridgehead atoms. The molecule has 2 rings (SSSR count). The number of rotatable bonds is 4. The molecule has 0 atom stereocenters. The van der Waals surface area contributed by atoms with E-state index in [1.807, 2.05) is 6.92 Å². The van der Waals surface area contributed by atoms with Gasteiger partial charge in [-0.25, -0.2) is 8.78 Å². The second kappa shape index (κ2) is 5.79. The predicted octanol–water partition coefficient (Wildman–Crippen LogP) is 1.33. The molecule has 0 unspecified atom stereocenters. The van der Waals surface area contributed by atoms with E-state index in [2.05, 4.69) is 10.4 Å². The first kappa shape index (κ1) is 14.1. The van der Waals surface area contributed by atoms with E-state index in [0.29, 0.717) is 6.54 Å². The quantitative estimate of drug-likeness (QED) is 0.887. The van der Waals surface area contributed by atoms with Crippen molar-refractivity contribution in [3.63, 3.8) is 0 Å². The number of benzene rings is 1. The Balaban J connectivity index is 2.50. The lowest BCUT2D eigenvalue weighted by atomic mass is 10.3. The van der Waals surface area contributed by atoms with Crippen LogP contribution in [-0.4, -0.2) is 21.4 Å². The van der Waals surface area contributed by atoms with E-state index in [4.69, 9.17) is 0 Å². The summed E-state index contributed by atoms with van der Waals surface area (Å²) >= 11 is 0. The highest BCUT2D eigenvalue weighted by Crippen LogP contribution is 2.14. The average Bonchev–Trinajstić information content (AvgIpc) is 2.41. The van der Waals surface area contributed by atoms with Crippen LogP contribution in [0.2, 0.25) is 0 Å². The van der Waals surface area contributed by atoms with Gasteiger partial charge in [0.05, 0.1) is 5.69 Å². The number of aromatic nitrogens is 2. The van der Waals surface area contributed by atoms with Crippen LogP contribution in [-0.2, 0) is 6.54 Å². The third-order valence-corrected chi connectivity index (χ3v) is 2.68. The van der Waals surface area contributed by atoms with Crippen molar-refractivity contribution in [3.8, 4) is 11.4 Å². The summed E-state index contributed by atoms with van der Waals surface area (Å²) in [5.41, 5.74) is -0.295. The monoisotopic (exact) mass is 281 g/mol. The molecule has 2 aromatic rings. The van der Waals surface area contributed by atoms with E-state index in [1.54, 1.807) is 0 Å². The van der Waals surface area contributed by atoms with Gasteiger partial charge < -0.3 is 10.4 Å². The molecule has 0 saturated heterocycles. The summed E-state index contributed by atoms with van der Waals surface area (Å²) < 4.78 is 27.0. The number of nitrogens with one attached hydrogen (secondary N) is 1. The Labute approximate surface area is 113 Å². The van der Waals surface area contributed by atoms with Gasteiger partial charge in [-0.3, -0.25) is 4.79 Å². The number of hydrogen-bond donors (Lipinski definition) is 2. The van der Waals surface area contributed by atoms with Crippen LogP contribution in [0.25, 0.3) is 5.69 Å². The second-order valence-corrected chi connectivity index (χ2v) is 4.11. The molecule has 0 spiro atoms. The van der Waals surface area contributed by atoms with E-state index in [9.17, 15) is 18.7 Å². The van der Waals surface area contributed by atoms with E-state index >= 15 is 0 Å². The van der Waals surface area contributed by atoms with Crippen molar-refractivity contribution in [2.75, 3.05) is 6.54 Å². The Morgan fingerprint density at radius 2 is 2.05 bits per heavy atom. The Hall–Kier alpha value is -2.28. The molecule has 0 saturated carbocycles. The maximum absolute atomic E-state index is 13.2. The Morgan fingerprint density at radius 3 is 2.70 bits per heavy atom. The minimum atomic E-state index is -1.07. The van der Waals surface area contributed by atoms with Crippen LogP contribution in [0.5, 0.6) is 5.75 Å². The minimum Gasteiger partial charge on any atom is -0.506 e. The van der Waals surface area contributed by atoms with Gasteiger partial charge in [-0.1, -0.05) is 6.92 Å². The van der Waals surface area contributed by atoms with E-state index in [-0.39, 0.29) is 23.7 Å². The summed E-state index contributed by atoms with van der Waals surface area (Å²) in [6.45, 7) is 2.79. The first-order valence-corrected chi connectivity index (χ1v) is 6.01. The molecule has 7 heteroatoms. The van der Waals surface area contributed by atoms with Gasteiger partial charge in [-0.2, -0.15) is 9.78 Å². The topological polar surface area (TPSA) is 67.2 Å². The van der Waals surface area contributed by atoms with Crippen LogP contribution in [0.15, 0.2) is 29.1 Å². The molecular weight excluding hydrogens is 268 g/mol. The van der Waals surface area contributed by atoms with Gasteiger partial charge in [0, 0.05) is 18.7 Å². The van der Waals surface area contributed by atoms with Crippen LogP contribution in [0.3, 0.4) is 0 Å². The van der Waals surface area contributed by atoms with Crippen LogP contribution in [0.1, 0.15) is 12.6 Å². The maximum atomic E-state index is 13.2. The van der Waals surface area contributed by atoms with Gasteiger partial charge >= 0.3 is 0 Å². The highest BCUT2D eigenvalue weighted by molar-refractivity contribution is 5.33. The average molecular weight is 281 g/mol. The molecule has 1 aromatic carbocycles. The molecule has 106 valence electrons. The fraction of sp³-hybridized carbons (Fsp3) is 0.231. The third kappa shape index (κ3) is 2.83. The zero-order chi connectivity index (χ0) is 14.7. The SMILES string of the molecule is CCNCc1nn(-c2ccc(F)c(F)c2)c(=O)cc1O. The highest BCUT2D eigenvalue weighted by atomic mass is 19.2. The first-order valence-electron chi connectivity index (χ1n) is 6.01. The number of halogens is 2. The molecule has 20 heavy (non-hydrogen) atoms. The first-order chi connectivity index (χ1) is 9.52. The molecule has 0 fully saturated rings. The largest absolute Gasteiger partial charge is 0.506 e. The standard InChI is InChI=1S/C13H13F2N3O2/c1-2-16-7-11-12(19)6-13(20)18(17-11)8-3-4-9(14)10(15)5-8/h3-6,16,19H,2,7H2,1H3. The van der Waals surface area contributed by atoms with Crippen molar-refractivity contribution < 1.29 is 13.9 Å². The van der Waals surface area contributed by atoms with Crippen LogP contribution < -0.4 is 10.9 Å². The molecule has 1 heterocycles. The molecule has 0 aliphatic rings. The summed E-state index contributed by atoms with van der Waals surface area (Å²) in [4.78, 5) is 11.8. The summed E-state index contributed by atoms with van der Waals surface area (Å²) in [6.07, 6.45) is 0. The zero-order valence-electron chi connectivity index (χ0n) is 10.7. The predicted molar refractivity (Wildman–Crippen MR) is 68.8 cm³/mol. The van der Waals surface area contributed by atoms with Gasteiger partial charge in [0.25, 0.3) is 5.56 Å². The van der Waals surface area contributed by atoms with Gasteiger partial charge in [-0.05, 0) is 18.7 Å². The van der Waals surface area contributed by atoms with Gasteiger partial charge in [0.1, 0.15) is 11.4 Å². The number of hydrogen-bond acceptors (Lipinski definition) is 4. The van der Waals surface area contributed by atoms with Gasteiger partial charge in [0.2, 0.25) is 0 Å². The smallest absolute Gasteiger partial charge is 0.275 e. The molecule has 5 nitrogen and oxygen atoms in total. The van der Waals surface area contributed by atoms with Crippen molar-refractivity contribution >= 4 is 0 Å². The Kier molecular flexibility index (Phi) is 4.09. The number of nitrogens with zero attached hydrogens (tertiary/aromatic N) is 2. The lowest BCUT2D eigenvalue weighted by Crippen LogP contribution is -2.24. The zero-order valence-corrected chi connectivity index (χ0v) is 10.7. The fourth-order valence-corrected chi connectivity index (χ4v) is 1.65. The summed E-state index contributed by atoms with van der Waals surface area (Å²) in [6, 6.07) is 4.01. The molecular formula is C13H13F2N3O2. The molecule has 0 amide bonds. The summed E-state index contributed by atoms with van der Waals surface area (Å²) in [7, 11) is 0. The lowest BCUT2D eigenvalue weighted by molar-refractivity contribution is 0.452. The lowest BCUT2D eigenvalue weighted by Gasteiger charge is -2.09. The highest BCUT2D eigenvalue weighted by Gasteiger charge is 2.11. The van der Waals surface area contributed by atoms with E-state index in [0.717, 1.165) is 22.9 Å². The summed E-state index contributed by atoms with van der Waals surface area (Å²) in [5, 5.41) is 16.5. The minimum absolute atomic E-state index is 0.0895. The molecule has 1 aromatic heterocycles.